The number of hydrogen-bond donors (Lipinski definition) is 1. The topological polar surface area (TPSA) is 29.3 Å². The first-order valence-electron chi connectivity index (χ1n) is 6.34. The Kier molecular flexibility index (Phi) is 5.02. The van der Waals surface area contributed by atoms with Gasteiger partial charge in [-0.2, -0.15) is 0 Å². The van der Waals surface area contributed by atoms with Crippen LogP contribution in [0.1, 0.15) is 16.0 Å². The molecule has 0 unspecified atom stereocenters. The average Bonchev–Trinajstić information content (AvgIpc) is 2.77. The van der Waals surface area contributed by atoms with Crippen molar-refractivity contribution in [3.05, 3.63) is 50.1 Å². The molecule has 1 aromatic heterocycles. The Morgan fingerprint density at radius 3 is 2.68 bits per heavy atom. The van der Waals surface area contributed by atoms with E-state index >= 15 is 0 Å². The highest BCUT2D eigenvalue weighted by atomic mass is 79.9. The van der Waals surface area contributed by atoms with E-state index in [0.717, 1.165) is 17.4 Å². The van der Waals surface area contributed by atoms with Crippen molar-refractivity contribution in [2.24, 2.45) is 5.73 Å². The van der Waals surface area contributed by atoms with Crippen molar-refractivity contribution in [3.63, 3.8) is 0 Å². The van der Waals surface area contributed by atoms with Gasteiger partial charge in [0.1, 0.15) is 0 Å². The fourth-order valence-electron chi connectivity index (χ4n) is 2.12. The first kappa shape index (κ1) is 14.6. The number of nitrogens with zero attached hydrogens (tertiary/aromatic N) is 1. The molecule has 2 N–H and O–H groups in total. The van der Waals surface area contributed by atoms with Crippen LogP contribution in [0, 0.1) is 6.92 Å². The number of benzene rings is 1. The van der Waals surface area contributed by atoms with Crippen LogP contribution in [0.25, 0.3) is 0 Å². The van der Waals surface area contributed by atoms with Gasteiger partial charge >= 0.3 is 0 Å². The summed E-state index contributed by atoms with van der Waals surface area (Å²) >= 11 is 5.28. The summed E-state index contributed by atoms with van der Waals surface area (Å²) in [6.45, 7) is 3.80. The predicted molar refractivity (Wildman–Crippen MR) is 88.1 cm³/mol. The Morgan fingerprint density at radius 1 is 1.32 bits per heavy atom. The van der Waals surface area contributed by atoms with E-state index in [4.69, 9.17) is 5.73 Å². The molecule has 2 aromatic rings. The van der Waals surface area contributed by atoms with Crippen LogP contribution in [-0.4, -0.2) is 13.6 Å². The summed E-state index contributed by atoms with van der Waals surface area (Å²) in [6.07, 6.45) is 0.952. The molecule has 0 spiro atoms. The molecule has 1 aromatic carbocycles. The second kappa shape index (κ2) is 6.55. The Morgan fingerprint density at radius 2 is 2.11 bits per heavy atom. The van der Waals surface area contributed by atoms with Gasteiger partial charge in [0.15, 0.2) is 0 Å². The van der Waals surface area contributed by atoms with Crippen molar-refractivity contribution < 1.29 is 0 Å². The molecule has 0 aliphatic heterocycles. The van der Waals surface area contributed by atoms with Crippen molar-refractivity contribution in [1.29, 1.82) is 0 Å². The molecule has 2 nitrogen and oxygen atoms in total. The van der Waals surface area contributed by atoms with E-state index in [1.807, 2.05) is 0 Å². The Hall–Kier alpha value is -0.840. The zero-order valence-corrected chi connectivity index (χ0v) is 13.7. The standard InChI is InChI=1S/C15H19BrN2S/c1-11-7-14(4-3-12(11)5-6-17)18(2)9-15-8-13(16)10-19-15/h3-4,7-8,10H,5-6,9,17H2,1-2H3. The molecule has 0 atom stereocenters. The number of aryl methyl sites for hydroxylation is 1. The monoisotopic (exact) mass is 338 g/mol. The highest BCUT2D eigenvalue weighted by Crippen LogP contribution is 2.24. The highest BCUT2D eigenvalue weighted by molar-refractivity contribution is 9.10. The number of rotatable bonds is 5. The first-order valence-corrected chi connectivity index (χ1v) is 8.01. The van der Waals surface area contributed by atoms with Crippen LogP contribution >= 0.6 is 27.3 Å². The molecular weight excluding hydrogens is 320 g/mol. The summed E-state index contributed by atoms with van der Waals surface area (Å²) in [5.74, 6) is 0. The lowest BCUT2D eigenvalue weighted by Gasteiger charge is -2.20. The zero-order chi connectivity index (χ0) is 13.8. The average molecular weight is 339 g/mol. The van der Waals surface area contributed by atoms with E-state index in [0.29, 0.717) is 6.54 Å². The maximum absolute atomic E-state index is 5.62. The molecule has 4 heteroatoms. The molecule has 19 heavy (non-hydrogen) atoms. The van der Waals surface area contributed by atoms with Gasteiger partial charge in [-0.25, -0.2) is 0 Å². The zero-order valence-electron chi connectivity index (χ0n) is 11.3. The lowest BCUT2D eigenvalue weighted by Crippen LogP contribution is -2.16. The van der Waals surface area contributed by atoms with Crippen LogP contribution in [0.5, 0.6) is 0 Å². The Labute approximate surface area is 127 Å². The molecule has 2 rings (SSSR count). The second-order valence-corrected chi connectivity index (χ2v) is 6.65. The van der Waals surface area contributed by atoms with E-state index in [1.165, 1.54) is 21.7 Å². The van der Waals surface area contributed by atoms with E-state index in [9.17, 15) is 0 Å². The summed E-state index contributed by atoms with van der Waals surface area (Å²) in [7, 11) is 2.13. The lowest BCUT2D eigenvalue weighted by molar-refractivity contribution is 0.928. The van der Waals surface area contributed by atoms with E-state index in [-0.39, 0.29) is 0 Å². The molecule has 0 saturated carbocycles. The third-order valence-corrected chi connectivity index (χ3v) is 4.88. The fraction of sp³-hybridized carbons (Fsp3) is 0.333. The van der Waals surface area contributed by atoms with Gasteiger partial charge in [0.05, 0.1) is 6.54 Å². The van der Waals surface area contributed by atoms with Crippen LogP contribution in [0.3, 0.4) is 0 Å². The van der Waals surface area contributed by atoms with E-state index in [2.05, 4.69) is 64.4 Å². The van der Waals surface area contributed by atoms with Gasteiger partial charge in [0, 0.05) is 27.5 Å². The van der Waals surface area contributed by atoms with Crippen LogP contribution < -0.4 is 10.6 Å². The van der Waals surface area contributed by atoms with Gasteiger partial charge in [0.2, 0.25) is 0 Å². The lowest BCUT2D eigenvalue weighted by atomic mass is 10.0. The SMILES string of the molecule is Cc1cc(N(C)Cc2cc(Br)cs2)ccc1CCN. The fourth-order valence-corrected chi connectivity index (χ4v) is 3.62. The van der Waals surface area contributed by atoms with Gasteiger partial charge in [-0.05, 0) is 65.1 Å². The quantitative estimate of drug-likeness (QED) is 0.894. The number of halogens is 1. The molecule has 0 saturated heterocycles. The normalized spacial score (nSPS) is 10.7. The predicted octanol–water partition coefficient (Wildman–Crippen LogP) is 3.96. The van der Waals surface area contributed by atoms with Crippen molar-refractivity contribution >= 4 is 33.0 Å². The molecule has 0 fully saturated rings. The summed E-state index contributed by atoms with van der Waals surface area (Å²) in [5, 5.41) is 2.12. The maximum atomic E-state index is 5.62. The summed E-state index contributed by atoms with van der Waals surface area (Å²) in [6, 6.07) is 8.80. The molecule has 1 heterocycles. The van der Waals surface area contributed by atoms with E-state index < -0.39 is 0 Å². The smallest absolute Gasteiger partial charge is 0.0519 e. The Bertz CT molecular complexity index is 551. The third-order valence-electron chi connectivity index (χ3n) is 3.20. The van der Waals surface area contributed by atoms with Gasteiger partial charge < -0.3 is 10.6 Å². The molecule has 102 valence electrons. The van der Waals surface area contributed by atoms with Crippen molar-refractivity contribution in [3.8, 4) is 0 Å². The number of thiophene rings is 1. The molecule has 0 amide bonds. The van der Waals surface area contributed by atoms with Crippen molar-refractivity contribution in [2.45, 2.75) is 19.9 Å². The van der Waals surface area contributed by atoms with Crippen LogP contribution in [0.4, 0.5) is 5.69 Å². The largest absolute Gasteiger partial charge is 0.369 e. The molecule has 0 bridgehead atoms. The van der Waals surface area contributed by atoms with Crippen LogP contribution in [0.2, 0.25) is 0 Å². The van der Waals surface area contributed by atoms with Gasteiger partial charge in [-0.1, -0.05) is 6.07 Å². The molecular formula is C15H19BrN2S. The minimum Gasteiger partial charge on any atom is -0.369 e. The molecule has 0 radical (unpaired) electrons. The van der Waals surface area contributed by atoms with Crippen LogP contribution in [0.15, 0.2) is 34.1 Å². The Balaban J connectivity index is 2.10. The minimum absolute atomic E-state index is 0.708. The number of hydrogen-bond acceptors (Lipinski definition) is 3. The first-order chi connectivity index (χ1) is 9.10. The van der Waals surface area contributed by atoms with Gasteiger partial charge in [-0.3, -0.25) is 0 Å². The van der Waals surface area contributed by atoms with Crippen molar-refractivity contribution in [1.82, 2.24) is 0 Å². The molecule has 0 aliphatic rings. The van der Waals surface area contributed by atoms with E-state index in [1.54, 1.807) is 11.3 Å². The van der Waals surface area contributed by atoms with Gasteiger partial charge in [0.25, 0.3) is 0 Å². The van der Waals surface area contributed by atoms with Crippen molar-refractivity contribution in [2.75, 3.05) is 18.5 Å². The third kappa shape index (κ3) is 3.81. The number of anilines is 1. The number of nitrogens with two attached hydrogens (primary N) is 1. The summed E-state index contributed by atoms with van der Waals surface area (Å²) in [5.41, 5.74) is 9.54. The van der Waals surface area contributed by atoms with Gasteiger partial charge in [-0.15, -0.1) is 11.3 Å². The van der Waals surface area contributed by atoms with Crippen LogP contribution in [-0.2, 0) is 13.0 Å². The second-order valence-electron chi connectivity index (χ2n) is 4.74. The summed E-state index contributed by atoms with van der Waals surface area (Å²) in [4.78, 5) is 3.63. The molecule has 0 aliphatic carbocycles. The summed E-state index contributed by atoms with van der Waals surface area (Å²) < 4.78 is 1.16. The minimum atomic E-state index is 0.708. The maximum Gasteiger partial charge on any atom is 0.0519 e. The highest BCUT2D eigenvalue weighted by Gasteiger charge is 2.06.